The van der Waals surface area contributed by atoms with Crippen LogP contribution in [0, 0.1) is 11.6 Å². The van der Waals surface area contributed by atoms with Crippen LogP contribution < -0.4 is 10.9 Å². The van der Waals surface area contributed by atoms with Gasteiger partial charge in [-0.1, -0.05) is 0 Å². The minimum atomic E-state index is -3.99. The third-order valence-electron chi connectivity index (χ3n) is 3.31. The number of hydrogen-bond acceptors (Lipinski definition) is 4. The van der Waals surface area contributed by atoms with Gasteiger partial charge in [-0.15, -0.1) is 0 Å². The zero-order valence-electron chi connectivity index (χ0n) is 13.6. The van der Waals surface area contributed by atoms with Crippen molar-refractivity contribution in [2.24, 2.45) is 0 Å². The number of hydrogen-bond donors (Lipinski definition) is 2. The van der Waals surface area contributed by atoms with Crippen molar-refractivity contribution in [2.45, 2.75) is 4.90 Å². The fourth-order valence-electron chi connectivity index (χ4n) is 1.91. The largest absolute Gasteiger partial charge is 0.272 e. The van der Waals surface area contributed by atoms with E-state index < -0.39 is 40.0 Å². The molecule has 2 aromatic carbocycles. The molecule has 0 aliphatic heterocycles. The first-order valence-corrected chi connectivity index (χ1v) is 8.71. The first-order valence-electron chi connectivity index (χ1n) is 7.27. The molecule has 2 rings (SSSR count). The van der Waals surface area contributed by atoms with E-state index in [2.05, 4.69) is 10.9 Å². The molecule has 0 aliphatic carbocycles. The van der Waals surface area contributed by atoms with Crippen molar-refractivity contribution in [1.82, 2.24) is 15.2 Å². The fraction of sp³-hybridized carbons (Fsp3) is 0.125. The average molecular weight is 383 g/mol. The van der Waals surface area contributed by atoms with Gasteiger partial charge in [0.25, 0.3) is 11.8 Å². The van der Waals surface area contributed by atoms with Crippen LogP contribution in [-0.4, -0.2) is 38.1 Å². The first-order chi connectivity index (χ1) is 12.2. The molecule has 0 spiro atoms. The number of nitrogens with zero attached hydrogens (tertiary/aromatic N) is 1. The van der Waals surface area contributed by atoms with E-state index in [-0.39, 0.29) is 10.5 Å². The van der Waals surface area contributed by atoms with E-state index in [0.29, 0.717) is 0 Å². The summed E-state index contributed by atoms with van der Waals surface area (Å²) < 4.78 is 51.0. The molecule has 0 saturated carbocycles. The first kappa shape index (κ1) is 19.5. The van der Waals surface area contributed by atoms with Crippen LogP contribution in [-0.2, 0) is 14.8 Å². The summed E-state index contributed by atoms with van der Waals surface area (Å²) in [6.45, 7) is -0.580. The molecular weight excluding hydrogens is 368 g/mol. The van der Waals surface area contributed by atoms with Crippen LogP contribution in [0.25, 0.3) is 0 Å². The molecule has 2 amide bonds. The number of nitrogens with one attached hydrogen (secondary N) is 2. The quantitative estimate of drug-likeness (QED) is 0.755. The molecule has 2 N–H and O–H groups in total. The number of hydrazine groups is 1. The molecule has 0 aliphatic rings. The summed E-state index contributed by atoms with van der Waals surface area (Å²) in [5.41, 5.74) is 4.26. The standard InChI is InChI=1S/C16H15F2N3O4S/c1-21(26(24,25)14-8-6-13(18)7-9-14)10-15(22)19-20-16(23)11-2-4-12(17)5-3-11/h2-9H,10H2,1H3,(H,19,22)(H,20,23). The van der Waals surface area contributed by atoms with Crippen molar-refractivity contribution in [3.8, 4) is 0 Å². The molecule has 2 aromatic rings. The number of carbonyl (C=O) groups excluding carboxylic acids is 2. The van der Waals surface area contributed by atoms with Gasteiger partial charge in [-0.2, -0.15) is 4.31 Å². The molecule has 0 aromatic heterocycles. The predicted octanol–water partition coefficient (Wildman–Crippen LogP) is 1.05. The summed E-state index contributed by atoms with van der Waals surface area (Å²) in [5, 5.41) is 0. The molecule has 7 nitrogen and oxygen atoms in total. The highest BCUT2D eigenvalue weighted by atomic mass is 32.2. The molecule has 0 radical (unpaired) electrons. The normalized spacial score (nSPS) is 11.2. The van der Waals surface area contributed by atoms with Gasteiger partial charge in [-0.3, -0.25) is 20.4 Å². The number of benzene rings is 2. The second-order valence-electron chi connectivity index (χ2n) is 5.22. The van der Waals surface area contributed by atoms with E-state index in [9.17, 15) is 26.8 Å². The highest BCUT2D eigenvalue weighted by molar-refractivity contribution is 7.89. The van der Waals surface area contributed by atoms with Crippen molar-refractivity contribution in [3.05, 3.63) is 65.7 Å². The summed E-state index contributed by atoms with van der Waals surface area (Å²) in [6.07, 6.45) is 0. The number of rotatable bonds is 5. The molecule has 0 unspecified atom stereocenters. The Kier molecular flexibility index (Phi) is 6.01. The Morgan fingerprint density at radius 1 is 0.923 bits per heavy atom. The lowest BCUT2D eigenvalue weighted by molar-refractivity contribution is -0.121. The zero-order valence-corrected chi connectivity index (χ0v) is 14.4. The third kappa shape index (κ3) is 4.83. The van der Waals surface area contributed by atoms with Crippen LogP contribution in [0.5, 0.6) is 0 Å². The summed E-state index contributed by atoms with van der Waals surface area (Å²) in [5.74, 6) is -2.60. The molecule has 10 heteroatoms. The van der Waals surface area contributed by atoms with Crippen molar-refractivity contribution < 1.29 is 26.8 Å². The van der Waals surface area contributed by atoms with Crippen LogP contribution in [0.1, 0.15) is 10.4 Å². The second kappa shape index (κ2) is 8.02. The summed E-state index contributed by atoms with van der Waals surface area (Å²) in [4.78, 5) is 23.4. The lowest BCUT2D eigenvalue weighted by Gasteiger charge is -2.17. The molecule has 0 atom stereocenters. The minimum absolute atomic E-state index is 0.110. The Hall–Kier alpha value is -2.85. The summed E-state index contributed by atoms with van der Waals surface area (Å²) in [7, 11) is -2.83. The number of amides is 2. The highest BCUT2D eigenvalue weighted by Crippen LogP contribution is 2.14. The van der Waals surface area contributed by atoms with E-state index in [0.717, 1.165) is 40.7 Å². The van der Waals surface area contributed by atoms with E-state index >= 15 is 0 Å². The Labute approximate surface area is 148 Å². The fourth-order valence-corrected chi connectivity index (χ4v) is 3.04. The van der Waals surface area contributed by atoms with Crippen molar-refractivity contribution in [3.63, 3.8) is 0 Å². The van der Waals surface area contributed by atoms with Gasteiger partial charge in [-0.05, 0) is 48.5 Å². The average Bonchev–Trinajstić information content (AvgIpc) is 2.60. The number of likely N-dealkylation sites (N-methyl/N-ethyl adjacent to an activating group) is 1. The van der Waals surface area contributed by atoms with Crippen LogP contribution >= 0.6 is 0 Å². The second-order valence-corrected chi connectivity index (χ2v) is 7.27. The van der Waals surface area contributed by atoms with Gasteiger partial charge >= 0.3 is 0 Å². The molecule has 0 heterocycles. The summed E-state index contributed by atoms with van der Waals surface area (Å²) >= 11 is 0. The van der Waals surface area contributed by atoms with Gasteiger partial charge in [-0.25, -0.2) is 17.2 Å². The van der Waals surface area contributed by atoms with Crippen molar-refractivity contribution in [2.75, 3.05) is 13.6 Å². The van der Waals surface area contributed by atoms with Gasteiger partial charge < -0.3 is 0 Å². The van der Waals surface area contributed by atoms with Crippen LogP contribution in [0.4, 0.5) is 8.78 Å². The highest BCUT2D eigenvalue weighted by Gasteiger charge is 2.23. The SMILES string of the molecule is CN(CC(=O)NNC(=O)c1ccc(F)cc1)S(=O)(=O)c1ccc(F)cc1. The van der Waals surface area contributed by atoms with Gasteiger partial charge in [0, 0.05) is 12.6 Å². The van der Waals surface area contributed by atoms with Crippen molar-refractivity contribution in [1.29, 1.82) is 0 Å². The van der Waals surface area contributed by atoms with Crippen molar-refractivity contribution >= 4 is 21.8 Å². The molecule has 0 saturated heterocycles. The monoisotopic (exact) mass is 383 g/mol. The van der Waals surface area contributed by atoms with Gasteiger partial charge in [0.05, 0.1) is 11.4 Å². The van der Waals surface area contributed by atoms with E-state index in [1.165, 1.54) is 19.2 Å². The Morgan fingerprint density at radius 3 is 1.96 bits per heavy atom. The molecular formula is C16H15F2N3O4S. The van der Waals surface area contributed by atoms with E-state index in [1.54, 1.807) is 0 Å². The number of halogens is 2. The van der Waals surface area contributed by atoms with Gasteiger partial charge in [0.1, 0.15) is 11.6 Å². The van der Waals surface area contributed by atoms with Crippen LogP contribution in [0.2, 0.25) is 0 Å². The van der Waals surface area contributed by atoms with Crippen LogP contribution in [0.3, 0.4) is 0 Å². The summed E-state index contributed by atoms with van der Waals surface area (Å²) in [6, 6.07) is 8.75. The topological polar surface area (TPSA) is 95.6 Å². The lowest BCUT2D eigenvalue weighted by atomic mass is 10.2. The lowest BCUT2D eigenvalue weighted by Crippen LogP contribution is -2.46. The molecule has 138 valence electrons. The van der Waals surface area contributed by atoms with E-state index in [4.69, 9.17) is 0 Å². The van der Waals surface area contributed by atoms with Gasteiger partial charge in [0.15, 0.2) is 0 Å². The Balaban J connectivity index is 1.93. The molecule has 0 bridgehead atoms. The van der Waals surface area contributed by atoms with E-state index in [1.807, 2.05) is 0 Å². The Bertz CT molecular complexity index is 900. The minimum Gasteiger partial charge on any atom is -0.272 e. The van der Waals surface area contributed by atoms with Crippen LogP contribution in [0.15, 0.2) is 53.4 Å². The molecule has 26 heavy (non-hydrogen) atoms. The maximum Gasteiger partial charge on any atom is 0.269 e. The maximum absolute atomic E-state index is 12.9. The zero-order chi connectivity index (χ0) is 19.3. The van der Waals surface area contributed by atoms with Gasteiger partial charge in [0.2, 0.25) is 10.0 Å². The third-order valence-corrected chi connectivity index (χ3v) is 5.13. The molecule has 0 fully saturated rings. The smallest absolute Gasteiger partial charge is 0.269 e. The predicted molar refractivity (Wildman–Crippen MR) is 88.2 cm³/mol. The Morgan fingerprint density at radius 2 is 1.42 bits per heavy atom. The number of sulfonamides is 1. The maximum atomic E-state index is 12.9. The number of carbonyl (C=O) groups is 2.